The lowest BCUT2D eigenvalue weighted by atomic mass is 10.0. The van der Waals surface area contributed by atoms with Gasteiger partial charge < -0.3 is 9.47 Å². The summed E-state index contributed by atoms with van der Waals surface area (Å²) in [6, 6.07) is 45.6. The molecule has 6 nitrogen and oxygen atoms in total. The summed E-state index contributed by atoms with van der Waals surface area (Å²) in [6.45, 7) is 0.392. The van der Waals surface area contributed by atoms with Crippen LogP contribution in [0.15, 0.2) is 149 Å². The van der Waals surface area contributed by atoms with Crippen LogP contribution >= 0.6 is 0 Å². The average molecular weight is 597 g/mol. The fourth-order valence-corrected chi connectivity index (χ4v) is 6.42. The van der Waals surface area contributed by atoms with Crippen LogP contribution in [0.2, 0.25) is 0 Å². The fraction of sp³-hybridized carbons (Fsp3) is 0.0811. The predicted octanol–water partition coefficient (Wildman–Crippen LogP) is 7.88. The van der Waals surface area contributed by atoms with Gasteiger partial charge in [0.25, 0.3) is 10.0 Å². The van der Waals surface area contributed by atoms with Crippen LogP contribution in [-0.4, -0.2) is 43.3 Å². The second-order valence-corrected chi connectivity index (χ2v) is 12.3. The smallest absolute Gasteiger partial charge is 0.284 e. The van der Waals surface area contributed by atoms with Gasteiger partial charge in [-0.25, -0.2) is 4.98 Å². The van der Waals surface area contributed by atoms with Gasteiger partial charge in [0.15, 0.2) is 0 Å². The third-order valence-corrected chi connectivity index (χ3v) is 8.53. The van der Waals surface area contributed by atoms with E-state index < -0.39 is 10.0 Å². The molecule has 0 bridgehead atoms. The maximum absolute atomic E-state index is 13.7. The van der Waals surface area contributed by atoms with Gasteiger partial charge in [0.2, 0.25) is 0 Å². The SMILES string of the molecule is CN(C)C=NS(=O)(=O)c1cc(Cn2c(-c3ccccc3)nc(-c3ccccc3)c2-c2ccccc2)ccc1-c1ccccc1. The van der Waals surface area contributed by atoms with Gasteiger partial charge in [-0.3, -0.25) is 0 Å². The van der Waals surface area contributed by atoms with Gasteiger partial charge in [-0.15, -0.1) is 4.40 Å². The standard InChI is InChI=1S/C37H32N4O2S/c1-40(2)27-38-44(42,43)34-25-28(23-24-33(34)29-15-7-3-8-16-29)26-41-36(31-19-11-5-12-20-31)35(30-17-9-4-10-18-30)39-37(41)32-21-13-6-14-22-32/h3-25,27H,26H2,1-2H3. The Hall–Kier alpha value is -5.27. The fourth-order valence-electron chi connectivity index (χ4n) is 5.23. The molecule has 5 aromatic carbocycles. The summed E-state index contributed by atoms with van der Waals surface area (Å²) in [5, 5.41) is 0. The molecule has 0 spiro atoms. The molecule has 0 N–H and O–H groups in total. The molecule has 7 heteroatoms. The van der Waals surface area contributed by atoms with E-state index in [-0.39, 0.29) is 4.90 Å². The Balaban J connectivity index is 1.58. The number of hydrogen-bond acceptors (Lipinski definition) is 3. The van der Waals surface area contributed by atoms with E-state index in [9.17, 15) is 8.42 Å². The van der Waals surface area contributed by atoms with Gasteiger partial charge in [-0.05, 0) is 17.2 Å². The lowest BCUT2D eigenvalue weighted by molar-refractivity contribution is 0.595. The predicted molar refractivity (Wildman–Crippen MR) is 179 cm³/mol. The summed E-state index contributed by atoms with van der Waals surface area (Å²) in [5.41, 5.74) is 7.03. The maximum Gasteiger partial charge on any atom is 0.284 e. The topological polar surface area (TPSA) is 67.6 Å². The molecule has 218 valence electrons. The van der Waals surface area contributed by atoms with Crippen LogP contribution in [0.5, 0.6) is 0 Å². The highest BCUT2D eigenvalue weighted by molar-refractivity contribution is 7.90. The van der Waals surface area contributed by atoms with Crippen molar-refractivity contribution in [1.29, 1.82) is 0 Å². The first-order valence-corrected chi connectivity index (χ1v) is 15.8. The molecular weight excluding hydrogens is 565 g/mol. The van der Waals surface area contributed by atoms with Crippen LogP contribution in [0.4, 0.5) is 0 Å². The molecule has 0 radical (unpaired) electrons. The van der Waals surface area contributed by atoms with Crippen LogP contribution in [0.1, 0.15) is 5.56 Å². The van der Waals surface area contributed by atoms with Crippen LogP contribution in [0.3, 0.4) is 0 Å². The summed E-state index contributed by atoms with van der Waals surface area (Å²) in [4.78, 5) is 6.99. The number of sulfonamides is 1. The lowest BCUT2D eigenvalue weighted by Crippen LogP contribution is -2.11. The summed E-state index contributed by atoms with van der Waals surface area (Å²) in [7, 11) is -0.522. The Kier molecular flexibility index (Phi) is 8.21. The summed E-state index contributed by atoms with van der Waals surface area (Å²) < 4.78 is 33.5. The minimum absolute atomic E-state index is 0.158. The van der Waals surface area contributed by atoms with Crippen molar-refractivity contribution in [2.24, 2.45) is 4.40 Å². The van der Waals surface area contributed by atoms with Crippen molar-refractivity contribution < 1.29 is 8.42 Å². The number of rotatable bonds is 9. The van der Waals surface area contributed by atoms with Crippen LogP contribution in [0.25, 0.3) is 45.0 Å². The maximum atomic E-state index is 13.7. The number of benzene rings is 5. The molecule has 0 aliphatic carbocycles. The second kappa shape index (κ2) is 12.5. The van der Waals surface area contributed by atoms with Crippen molar-refractivity contribution in [1.82, 2.24) is 14.5 Å². The minimum Gasteiger partial charge on any atom is -0.368 e. The van der Waals surface area contributed by atoms with E-state index in [4.69, 9.17) is 4.98 Å². The normalized spacial score (nSPS) is 11.6. The van der Waals surface area contributed by atoms with Gasteiger partial charge in [-0.2, -0.15) is 8.42 Å². The zero-order valence-corrected chi connectivity index (χ0v) is 25.4. The van der Waals surface area contributed by atoms with Crippen LogP contribution < -0.4 is 0 Å². The van der Waals surface area contributed by atoms with Crippen molar-refractivity contribution in [2.75, 3.05) is 14.1 Å². The first kappa shape index (κ1) is 28.8. The average Bonchev–Trinajstić information content (AvgIpc) is 3.44. The molecule has 0 fully saturated rings. The molecule has 0 saturated carbocycles. The van der Waals surface area contributed by atoms with Gasteiger partial charge in [-0.1, -0.05) is 133 Å². The first-order chi connectivity index (χ1) is 21.4. The molecule has 0 amide bonds. The molecule has 44 heavy (non-hydrogen) atoms. The van der Waals surface area contributed by atoms with E-state index in [1.54, 1.807) is 25.1 Å². The molecule has 0 atom stereocenters. The number of imidazole rings is 1. The highest BCUT2D eigenvalue weighted by Gasteiger charge is 2.23. The zero-order chi connectivity index (χ0) is 30.5. The molecule has 1 heterocycles. The lowest BCUT2D eigenvalue weighted by Gasteiger charge is -2.16. The summed E-state index contributed by atoms with van der Waals surface area (Å²) >= 11 is 0. The van der Waals surface area contributed by atoms with Crippen LogP contribution in [0, 0.1) is 0 Å². The van der Waals surface area contributed by atoms with E-state index >= 15 is 0 Å². The van der Waals surface area contributed by atoms with E-state index in [1.807, 2.05) is 109 Å². The van der Waals surface area contributed by atoms with Crippen molar-refractivity contribution in [2.45, 2.75) is 11.4 Å². The molecule has 6 rings (SSSR count). The highest BCUT2D eigenvalue weighted by atomic mass is 32.2. The van der Waals surface area contributed by atoms with E-state index in [2.05, 4.69) is 33.2 Å². The number of hydrogen-bond donors (Lipinski definition) is 0. The second-order valence-electron chi connectivity index (χ2n) is 10.7. The number of nitrogens with zero attached hydrogens (tertiary/aromatic N) is 4. The van der Waals surface area contributed by atoms with Crippen molar-refractivity contribution in [3.63, 3.8) is 0 Å². The van der Waals surface area contributed by atoms with Crippen molar-refractivity contribution in [3.8, 4) is 45.0 Å². The van der Waals surface area contributed by atoms with E-state index in [0.29, 0.717) is 12.1 Å². The van der Waals surface area contributed by atoms with Gasteiger partial charge in [0, 0.05) is 42.9 Å². The third kappa shape index (κ3) is 6.09. The van der Waals surface area contributed by atoms with Crippen molar-refractivity contribution >= 4 is 16.4 Å². The van der Waals surface area contributed by atoms with E-state index in [1.165, 1.54) is 6.34 Å². The Labute approximate surface area is 258 Å². The summed E-state index contributed by atoms with van der Waals surface area (Å²) in [6.07, 6.45) is 1.32. The minimum atomic E-state index is -4.01. The van der Waals surface area contributed by atoms with Crippen molar-refractivity contribution in [3.05, 3.63) is 145 Å². The largest absolute Gasteiger partial charge is 0.368 e. The molecule has 0 aliphatic heterocycles. The summed E-state index contributed by atoms with van der Waals surface area (Å²) in [5.74, 6) is 0.797. The zero-order valence-electron chi connectivity index (χ0n) is 24.6. The Morgan fingerprint density at radius 1 is 0.682 bits per heavy atom. The monoisotopic (exact) mass is 596 g/mol. The molecule has 0 aliphatic rings. The quantitative estimate of drug-likeness (QED) is 0.126. The molecular formula is C37H32N4O2S. The molecule has 1 aromatic heterocycles. The Morgan fingerprint density at radius 3 is 1.77 bits per heavy atom. The molecule has 6 aromatic rings. The van der Waals surface area contributed by atoms with Gasteiger partial charge in [0.05, 0.1) is 16.3 Å². The third-order valence-electron chi connectivity index (χ3n) is 7.26. The highest BCUT2D eigenvalue weighted by Crippen LogP contribution is 2.37. The van der Waals surface area contributed by atoms with E-state index in [0.717, 1.165) is 45.0 Å². The van der Waals surface area contributed by atoms with Gasteiger partial charge in [0.1, 0.15) is 12.2 Å². The molecule has 0 unspecified atom stereocenters. The first-order valence-electron chi connectivity index (χ1n) is 14.3. The Bertz CT molecular complexity index is 2000. The Morgan fingerprint density at radius 2 is 1.20 bits per heavy atom. The molecule has 0 saturated heterocycles. The van der Waals surface area contributed by atoms with Gasteiger partial charge >= 0.3 is 0 Å². The number of aromatic nitrogens is 2. The van der Waals surface area contributed by atoms with Crippen LogP contribution in [-0.2, 0) is 16.6 Å².